The molecule has 0 spiro atoms. The summed E-state index contributed by atoms with van der Waals surface area (Å²) in [5, 5.41) is 27.2. The molecule has 0 radical (unpaired) electrons. The molecule has 1 unspecified atom stereocenters. The Hall–Kier alpha value is 0.660. The fourth-order valence-electron chi connectivity index (χ4n) is 0.764. The molecule has 0 bridgehead atoms. The van der Waals surface area contributed by atoms with Gasteiger partial charge in [-0.05, 0) is 0 Å². The fourth-order valence-corrected chi connectivity index (χ4v) is 1.10. The first-order valence-electron chi connectivity index (χ1n) is 3.94. The second-order valence-corrected chi connectivity index (χ2v) is 3.99. The number of carbonyl (C=O) groups is 1. The van der Waals surface area contributed by atoms with Crippen molar-refractivity contribution in [2.45, 2.75) is 24.7 Å². The maximum atomic E-state index is 10.1. The molecule has 0 amide bonds. The number of phosphoric ester groups is 1. The number of hydrogen-bond acceptors (Lipinski definition) is 7. The first-order chi connectivity index (χ1) is 6.78. The summed E-state index contributed by atoms with van der Waals surface area (Å²) >= 11 is 0. The summed E-state index contributed by atoms with van der Waals surface area (Å²) in [5.41, 5.74) is 0. The van der Waals surface area contributed by atoms with Gasteiger partial charge in [0.2, 0.25) is 0 Å². The minimum Gasteiger partial charge on any atom is -0.756 e. The van der Waals surface area contributed by atoms with Crippen LogP contribution in [-0.2, 0) is 13.9 Å². The van der Waals surface area contributed by atoms with Gasteiger partial charge in [0.15, 0.2) is 0 Å². The molecule has 0 rings (SSSR count). The first kappa shape index (κ1) is 19.0. The molecular weight excluding hydrogens is 254 g/mol. The third kappa shape index (κ3) is 8.77. The molecule has 90 valence electrons. The SMILES string of the molecule is O=CC[C@@H](O)[C@H](O)[C@H](O)COP(=O)([O-])O.[Na+]. The van der Waals surface area contributed by atoms with E-state index in [0.717, 1.165) is 0 Å². The van der Waals surface area contributed by atoms with E-state index in [1.165, 1.54) is 0 Å². The summed E-state index contributed by atoms with van der Waals surface area (Å²) in [7, 11) is -4.98. The molecule has 4 N–H and O–H groups in total. The number of carbonyl (C=O) groups excluding carboxylic acids is 1. The van der Waals surface area contributed by atoms with Gasteiger partial charge in [0.1, 0.15) is 18.5 Å². The van der Waals surface area contributed by atoms with E-state index in [1.54, 1.807) is 0 Å². The van der Waals surface area contributed by atoms with Gasteiger partial charge in [-0.15, -0.1) is 0 Å². The quantitative estimate of drug-likeness (QED) is 0.202. The summed E-state index contributed by atoms with van der Waals surface area (Å²) in [4.78, 5) is 28.2. The summed E-state index contributed by atoms with van der Waals surface area (Å²) < 4.78 is 13.9. The van der Waals surface area contributed by atoms with Crippen LogP contribution in [0.3, 0.4) is 0 Å². The molecule has 10 heteroatoms. The number of rotatable bonds is 7. The molecule has 4 atom stereocenters. The Morgan fingerprint density at radius 2 is 1.81 bits per heavy atom. The van der Waals surface area contributed by atoms with Crippen LogP contribution in [0.1, 0.15) is 6.42 Å². The topological polar surface area (TPSA) is 147 Å². The van der Waals surface area contributed by atoms with Gasteiger partial charge < -0.3 is 34.4 Å². The summed E-state index contributed by atoms with van der Waals surface area (Å²) in [6, 6.07) is 0. The van der Waals surface area contributed by atoms with Crippen molar-refractivity contribution < 1.29 is 68.5 Å². The zero-order valence-corrected chi connectivity index (χ0v) is 11.5. The molecular formula is C6H12NaO8P. The minimum absolute atomic E-state index is 0. The van der Waals surface area contributed by atoms with Crippen LogP contribution in [0.4, 0.5) is 0 Å². The number of aliphatic hydroxyl groups excluding tert-OH is 3. The van der Waals surface area contributed by atoms with Crippen LogP contribution in [0.25, 0.3) is 0 Å². The molecule has 0 aromatic rings. The van der Waals surface area contributed by atoms with E-state index in [0.29, 0.717) is 6.29 Å². The normalized spacial score (nSPS) is 20.1. The van der Waals surface area contributed by atoms with Crippen LogP contribution in [0.15, 0.2) is 0 Å². The van der Waals surface area contributed by atoms with E-state index in [-0.39, 0.29) is 29.6 Å². The van der Waals surface area contributed by atoms with E-state index < -0.39 is 39.2 Å². The Morgan fingerprint density at radius 1 is 1.31 bits per heavy atom. The summed E-state index contributed by atoms with van der Waals surface area (Å²) in [5.74, 6) is 0. The maximum Gasteiger partial charge on any atom is 1.00 e. The molecule has 0 aliphatic heterocycles. The van der Waals surface area contributed by atoms with Gasteiger partial charge in [0.05, 0.1) is 12.7 Å². The van der Waals surface area contributed by atoms with Crippen LogP contribution < -0.4 is 34.5 Å². The van der Waals surface area contributed by atoms with E-state index in [1.807, 2.05) is 0 Å². The number of hydrogen-bond donors (Lipinski definition) is 4. The predicted octanol–water partition coefficient (Wildman–Crippen LogP) is -5.86. The molecule has 0 saturated carbocycles. The van der Waals surface area contributed by atoms with Crippen LogP contribution in [-0.4, -0.2) is 51.4 Å². The Bertz CT molecular complexity index is 243. The monoisotopic (exact) mass is 266 g/mol. The van der Waals surface area contributed by atoms with Crippen LogP contribution >= 0.6 is 7.82 Å². The predicted molar refractivity (Wildman–Crippen MR) is 44.5 cm³/mol. The van der Waals surface area contributed by atoms with Crippen LogP contribution in [0.5, 0.6) is 0 Å². The molecule has 0 saturated heterocycles. The van der Waals surface area contributed by atoms with Gasteiger partial charge in [0.25, 0.3) is 7.82 Å². The summed E-state index contributed by atoms with van der Waals surface area (Å²) in [6.07, 6.45) is -5.07. The van der Waals surface area contributed by atoms with E-state index in [9.17, 15) is 14.3 Å². The molecule has 0 aliphatic rings. The van der Waals surface area contributed by atoms with E-state index in [2.05, 4.69) is 4.52 Å². The molecule has 16 heavy (non-hydrogen) atoms. The van der Waals surface area contributed by atoms with Gasteiger partial charge in [-0.2, -0.15) is 0 Å². The maximum absolute atomic E-state index is 10.1. The second-order valence-electron chi connectivity index (χ2n) is 2.79. The molecule has 0 aliphatic carbocycles. The Labute approximate surface area is 114 Å². The molecule has 8 nitrogen and oxygen atoms in total. The fraction of sp³-hybridized carbons (Fsp3) is 0.833. The van der Waals surface area contributed by atoms with E-state index in [4.69, 9.17) is 20.2 Å². The number of phosphoric acid groups is 1. The minimum atomic E-state index is -4.98. The van der Waals surface area contributed by atoms with Crippen molar-refractivity contribution in [3.05, 3.63) is 0 Å². The van der Waals surface area contributed by atoms with Crippen molar-refractivity contribution >= 4 is 14.1 Å². The Balaban J connectivity index is 0. The van der Waals surface area contributed by atoms with Crippen molar-refractivity contribution in [1.29, 1.82) is 0 Å². The number of aliphatic hydroxyl groups is 3. The average Bonchev–Trinajstić information content (AvgIpc) is 2.12. The van der Waals surface area contributed by atoms with Gasteiger partial charge in [-0.3, -0.25) is 4.57 Å². The van der Waals surface area contributed by atoms with Crippen LogP contribution in [0, 0.1) is 0 Å². The third-order valence-corrected chi connectivity index (χ3v) is 2.01. The van der Waals surface area contributed by atoms with Crippen molar-refractivity contribution in [2.75, 3.05) is 6.61 Å². The molecule has 0 aromatic heterocycles. The second kappa shape index (κ2) is 8.71. The number of aldehydes is 1. The summed E-state index contributed by atoms with van der Waals surface area (Å²) in [6.45, 7) is -0.908. The Morgan fingerprint density at radius 3 is 2.19 bits per heavy atom. The largest absolute Gasteiger partial charge is 1.00 e. The van der Waals surface area contributed by atoms with Crippen molar-refractivity contribution in [3.63, 3.8) is 0 Å². The van der Waals surface area contributed by atoms with Gasteiger partial charge in [-0.25, -0.2) is 0 Å². The van der Waals surface area contributed by atoms with Gasteiger partial charge in [0, 0.05) is 6.42 Å². The van der Waals surface area contributed by atoms with E-state index >= 15 is 0 Å². The zero-order chi connectivity index (χ0) is 12.1. The Kier molecular flexibility index (Phi) is 10.3. The van der Waals surface area contributed by atoms with Gasteiger partial charge in [-0.1, -0.05) is 0 Å². The van der Waals surface area contributed by atoms with Crippen molar-refractivity contribution in [2.24, 2.45) is 0 Å². The average molecular weight is 266 g/mol. The van der Waals surface area contributed by atoms with Crippen LogP contribution in [0.2, 0.25) is 0 Å². The first-order valence-corrected chi connectivity index (χ1v) is 5.43. The zero-order valence-electron chi connectivity index (χ0n) is 8.59. The van der Waals surface area contributed by atoms with Gasteiger partial charge >= 0.3 is 29.6 Å². The third-order valence-electron chi connectivity index (χ3n) is 1.53. The molecule has 0 heterocycles. The molecule has 0 fully saturated rings. The standard InChI is InChI=1S/C6H13O8P.Na/c7-2-1-4(8)6(10)5(9)3-14-15(11,12)13;/h2,4-6,8-10H,1,3H2,(H2,11,12,13);/q;+1/p-1/t4-,5-,6+;/m1./s1. The van der Waals surface area contributed by atoms with Crippen molar-refractivity contribution in [1.82, 2.24) is 0 Å². The molecule has 0 aromatic carbocycles. The smallest absolute Gasteiger partial charge is 0.756 e. The van der Waals surface area contributed by atoms with Crippen molar-refractivity contribution in [3.8, 4) is 0 Å².